The molecule has 0 aromatic heterocycles. The Morgan fingerprint density at radius 3 is 2.46 bits per heavy atom. The maximum atomic E-state index is 12.2. The lowest BCUT2D eigenvalue weighted by Gasteiger charge is -2.23. The van der Waals surface area contributed by atoms with Gasteiger partial charge in [0.2, 0.25) is 10.0 Å². The average Bonchev–Trinajstić information content (AvgIpc) is 2.56. The zero-order chi connectivity index (χ0) is 16.7. The first kappa shape index (κ1) is 20.9. The van der Waals surface area contributed by atoms with Crippen LogP contribution in [0, 0.1) is 0 Å². The Morgan fingerprint density at radius 2 is 1.88 bits per heavy atom. The van der Waals surface area contributed by atoms with Gasteiger partial charge in [-0.15, -0.1) is 12.4 Å². The molecular formula is C15H24ClN3O4S. The summed E-state index contributed by atoms with van der Waals surface area (Å²) in [6.07, 6.45) is 1.81. The number of amides is 1. The van der Waals surface area contributed by atoms with Crippen molar-refractivity contribution in [3.05, 3.63) is 29.8 Å². The van der Waals surface area contributed by atoms with Gasteiger partial charge in [-0.05, 0) is 50.2 Å². The first-order valence-electron chi connectivity index (χ1n) is 7.63. The number of carbonyl (C=O) groups excluding carboxylic acids is 1. The normalized spacial score (nSPS) is 15.5. The standard InChI is InChI=1S/C15H23N3O4S.ClH/c1-22-11-10-17-23(20,21)14-4-2-12(3-5-14)15(19)18-13-6-8-16-9-7-13;/h2-5,13,16-17H,6-11H2,1H3,(H,18,19);1H. The van der Waals surface area contributed by atoms with E-state index in [4.69, 9.17) is 4.74 Å². The van der Waals surface area contributed by atoms with E-state index in [1.807, 2.05) is 0 Å². The molecule has 1 amide bonds. The average molecular weight is 378 g/mol. The lowest BCUT2D eigenvalue weighted by Crippen LogP contribution is -2.42. The van der Waals surface area contributed by atoms with E-state index in [9.17, 15) is 13.2 Å². The Morgan fingerprint density at radius 1 is 1.25 bits per heavy atom. The van der Waals surface area contributed by atoms with Crippen molar-refractivity contribution >= 4 is 28.3 Å². The van der Waals surface area contributed by atoms with Crippen molar-refractivity contribution in [2.45, 2.75) is 23.8 Å². The van der Waals surface area contributed by atoms with E-state index in [2.05, 4.69) is 15.4 Å². The first-order valence-corrected chi connectivity index (χ1v) is 9.11. The summed E-state index contributed by atoms with van der Waals surface area (Å²) in [5.41, 5.74) is 0.458. The van der Waals surface area contributed by atoms with Crippen LogP contribution in [0.15, 0.2) is 29.2 Å². The number of methoxy groups -OCH3 is 1. The van der Waals surface area contributed by atoms with E-state index in [1.54, 1.807) is 0 Å². The quantitative estimate of drug-likeness (QED) is 0.602. The summed E-state index contributed by atoms with van der Waals surface area (Å²) in [5.74, 6) is -0.173. The van der Waals surface area contributed by atoms with Crippen LogP contribution in [-0.2, 0) is 14.8 Å². The third kappa shape index (κ3) is 6.03. The van der Waals surface area contributed by atoms with Gasteiger partial charge in [-0.25, -0.2) is 13.1 Å². The minimum absolute atomic E-state index is 0. The van der Waals surface area contributed by atoms with Crippen LogP contribution in [0.4, 0.5) is 0 Å². The number of piperidine rings is 1. The van der Waals surface area contributed by atoms with Crippen LogP contribution in [0.25, 0.3) is 0 Å². The molecule has 7 nitrogen and oxygen atoms in total. The van der Waals surface area contributed by atoms with Gasteiger partial charge in [0, 0.05) is 25.3 Å². The smallest absolute Gasteiger partial charge is 0.251 e. The highest BCUT2D eigenvalue weighted by atomic mass is 35.5. The Bertz CT molecular complexity index is 616. The summed E-state index contributed by atoms with van der Waals surface area (Å²) in [6, 6.07) is 6.10. The topological polar surface area (TPSA) is 96.5 Å². The molecule has 136 valence electrons. The SMILES string of the molecule is COCCNS(=O)(=O)c1ccc(C(=O)NC2CCNCC2)cc1.Cl. The molecule has 0 aliphatic carbocycles. The molecule has 2 rings (SSSR count). The van der Waals surface area contributed by atoms with Crippen LogP contribution < -0.4 is 15.4 Å². The minimum atomic E-state index is -3.57. The minimum Gasteiger partial charge on any atom is -0.383 e. The fraction of sp³-hybridized carbons (Fsp3) is 0.533. The van der Waals surface area contributed by atoms with E-state index in [-0.39, 0.29) is 35.8 Å². The fourth-order valence-electron chi connectivity index (χ4n) is 2.38. The van der Waals surface area contributed by atoms with Gasteiger partial charge in [0.15, 0.2) is 0 Å². The summed E-state index contributed by atoms with van der Waals surface area (Å²) < 4.78 is 31.3. The number of hydrogen-bond acceptors (Lipinski definition) is 5. The number of carbonyl (C=O) groups is 1. The Labute approximate surface area is 149 Å². The predicted octanol–water partition coefficient (Wildman–Crippen LogP) is 0.515. The maximum Gasteiger partial charge on any atom is 0.251 e. The molecule has 24 heavy (non-hydrogen) atoms. The van der Waals surface area contributed by atoms with Crippen LogP contribution in [0.1, 0.15) is 23.2 Å². The van der Waals surface area contributed by atoms with Gasteiger partial charge in [0.05, 0.1) is 11.5 Å². The second-order valence-electron chi connectivity index (χ2n) is 5.41. The van der Waals surface area contributed by atoms with Gasteiger partial charge in [-0.2, -0.15) is 0 Å². The molecule has 3 N–H and O–H groups in total. The van der Waals surface area contributed by atoms with Gasteiger partial charge in [-0.1, -0.05) is 0 Å². The Kier molecular flexibility index (Phi) is 8.65. The third-order valence-corrected chi connectivity index (χ3v) is 5.18. The van der Waals surface area contributed by atoms with Crippen LogP contribution in [0.5, 0.6) is 0 Å². The van der Waals surface area contributed by atoms with E-state index in [1.165, 1.54) is 31.4 Å². The largest absolute Gasteiger partial charge is 0.383 e. The van der Waals surface area contributed by atoms with Crippen molar-refractivity contribution in [2.24, 2.45) is 0 Å². The molecule has 1 aromatic rings. The molecule has 1 saturated heterocycles. The molecule has 9 heteroatoms. The van der Waals surface area contributed by atoms with Gasteiger partial charge >= 0.3 is 0 Å². The summed E-state index contributed by atoms with van der Waals surface area (Å²) in [6.45, 7) is 2.30. The van der Waals surface area contributed by atoms with E-state index >= 15 is 0 Å². The van der Waals surface area contributed by atoms with Crippen molar-refractivity contribution in [3.63, 3.8) is 0 Å². The van der Waals surface area contributed by atoms with Gasteiger partial charge in [-0.3, -0.25) is 4.79 Å². The van der Waals surface area contributed by atoms with Crippen molar-refractivity contribution in [3.8, 4) is 0 Å². The number of sulfonamides is 1. The molecule has 0 bridgehead atoms. The van der Waals surface area contributed by atoms with E-state index in [0.717, 1.165) is 25.9 Å². The van der Waals surface area contributed by atoms with Crippen molar-refractivity contribution < 1.29 is 17.9 Å². The zero-order valence-electron chi connectivity index (χ0n) is 13.6. The first-order chi connectivity index (χ1) is 11.0. The number of rotatable bonds is 7. The highest BCUT2D eigenvalue weighted by molar-refractivity contribution is 7.89. The number of benzene rings is 1. The molecule has 1 aliphatic rings. The number of nitrogens with one attached hydrogen (secondary N) is 3. The molecule has 0 atom stereocenters. The Hall–Kier alpha value is -1.19. The van der Waals surface area contributed by atoms with Crippen LogP contribution in [0.2, 0.25) is 0 Å². The molecule has 0 spiro atoms. The molecule has 1 aliphatic heterocycles. The van der Waals surface area contributed by atoms with E-state index < -0.39 is 10.0 Å². The lowest BCUT2D eigenvalue weighted by atomic mass is 10.1. The highest BCUT2D eigenvalue weighted by Gasteiger charge is 2.18. The number of ether oxygens (including phenoxy) is 1. The van der Waals surface area contributed by atoms with Gasteiger partial charge < -0.3 is 15.4 Å². The third-order valence-electron chi connectivity index (χ3n) is 3.70. The number of halogens is 1. The van der Waals surface area contributed by atoms with Crippen LogP contribution >= 0.6 is 12.4 Å². The molecular weight excluding hydrogens is 354 g/mol. The second-order valence-corrected chi connectivity index (χ2v) is 7.18. The van der Waals surface area contributed by atoms with Crippen molar-refractivity contribution in [1.82, 2.24) is 15.4 Å². The molecule has 0 radical (unpaired) electrons. The predicted molar refractivity (Wildman–Crippen MR) is 94.1 cm³/mol. The summed E-state index contributed by atoms with van der Waals surface area (Å²) in [4.78, 5) is 12.3. The monoisotopic (exact) mass is 377 g/mol. The van der Waals surface area contributed by atoms with Crippen LogP contribution in [0.3, 0.4) is 0 Å². The molecule has 1 fully saturated rings. The fourth-order valence-corrected chi connectivity index (χ4v) is 3.39. The van der Waals surface area contributed by atoms with Crippen molar-refractivity contribution in [1.29, 1.82) is 0 Å². The second kappa shape index (κ2) is 9.95. The Balaban J connectivity index is 0.00000288. The van der Waals surface area contributed by atoms with Gasteiger partial charge in [0.25, 0.3) is 5.91 Å². The van der Waals surface area contributed by atoms with Crippen molar-refractivity contribution in [2.75, 3.05) is 33.4 Å². The maximum absolute atomic E-state index is 12.2. The molecule has 0 unspecified atom stereocenters. The summed E-state index contributed by atoms with van der Waals surface area (Å²) in [5, 5.41) is 6.21. The molecule has 1 heterocycles. The number of hydrogen-bond donors (Lipinski definition) is 3. The molecule has 1 aromatic carbocycles. The lowest BCUT2D eigenvalue weighted by molar-refractivity contribution is 0.0929. The van der Waals surface area contributed by atoms with E-state index in [0.29, 0.717) is 12.2 Å². The summed E-state index contributed by atoms with van der Waals surface area (Å²) >= 11 is 0. The summed E-state index contributed by atoms with van der Waals surface area (Å²) in [7, 11) is -2.07. The van der Waals surface area contributed by atoms with Gasteiger partial charge in [0.1, 0.15) is 0 Å². The van der Waals surface area contributed by atoms with Crippen LogP contribution in [-0.4, -0.2) is 53.7 Å². The molecule has 0 saturated carbocycles. The highest BCUT2D eigenvalue weighted by Crippen LogP contribution is 2.11. The zero-order valence-corrected chi connectivity index (χ0v) is 15.2.